The van der Waals surface area contributed by atoms with Crippen molar-refractivity contribution in [1.29, 1.82) is 0 Å². The Morgan fingerprint density at radius 2 is 1.75 bits per heavy atom. The highest BCUT2D eigenvalue weighted by Crippen LogP contribution is 2.31. The molecular formula is C9H16F3NO2S. The van der Waals surface area contributed by atoms with E-state index in [9.17, 15) is 21.6 Å². The molecular weight excluding hydrogens is 243 g/mol. The van der Waals surface area contributed by atoms with Crippen molar-refractivity contribution >= 4 is 9.84 Å². The van der Waals surface area contributed by atoms with Crippen LogP contribution >= 0.6 is 0 Å². The number of nitrogens with two attached hydrogens (primary N) is 1. The molecule has 7 heteroatoms. The first kappa shape index (κ1) is 13.8. The Kier molecular flexibility index (Phi) is 4.23. The van der Waals surface area contributed by atoms with E-state index in [0.29, 0.717) is 12.8 Å². The van der Waals surface area contributed by atoms with Crippen LogP contribution in [-0.4, -0.2) is 32.1 Å². The van der Waals surface area contributed by atoms with Crippen LogP contribution in [0.15, 0.2) is 0 Å². The fraction of sp³-hybridized carbons (Fsp3) is 1.00. The second-order valence-electron chi connectivity index (χ2n) is 4.21. The Balaban J connectivity index is 2.70. The molecule has 16 heavy (non-hydrogen) atoms. The summed E-state index contributed by atoms with van der Waals surface area (Å²) in [7, 11) is -3.65. The summed E-state index contributed by atoms with van der Waals surface area (Å²) in [6.45, 7) is -0.671. The summed E-state index contributed by atoms with van der Waals surface area (Å²) in [4.78, 5) is 0. The molecule has 0 aromatic heterocycles. The van der Waals surface area contributed by atoms with Crippen molar-refractivity contribution in [3.63, 3.8) is 0 Å². The van der Waals surface area contributed by atoms with Crippen LogP contribution in [0.4, 0.5) is 13.2 Å². The van der Waals surface area contributed by atoms with Crippen LogP contribution in [-0.2, 0) is 9.84 Å². The van der Waals surface area contributed by atoms with E-state index in [4.69, 9.17) is 5.73 Å². The van der Waals surface area contributed by atoms with Gasteiger partial charge in [0.25, 0.3) is 0 Å². The van der Waals surface area contributed by atoms with E-state index < -0.39 is 39.5 Å². The highest BCUT2D eigenvalue weighted by molar-refractivity contribution is 7.92. The van der Waals surface area contributed by atoms with Crippen LogP contribution in [0.3, 0.4) is 0 Å². The van der Waals surface area contributed by atoms with Gasteiger partial charge in [-0.3, -0.25) is 0 Å². The average Bonchev–Trinajstić information content (AvgIpc) is 2.65. The smallest absolute Gasteiger partial charge is 0.330 e. The Bertz CT molecular complexity index is 320. The van der Waals surface area contributed by atoms with Gasteiger partial charge in [0, 0.05) is 6.54 Å². The van der Waals surface area contributed by atoms with Gasteiger partial charge in [-0.15, -0.1) is 0 Å². The molecule has 0 aromatic carbocycles. The Hall–Kier alpha value is -0.300. The molecule has 0 aromatic rings. The second-order valence-corrected chi connectivity index (χ2v) is 6.54. The van der Waals surface area contributed by atoms with Crippen LogP contribution in [0.5, 0.6) is 0 Å². The van der Waals surface area contributed by atoms with Crippen molar-refractivity contribution in [2.24, 2.45) is 11.7 Å². The third-order valence-electron chi connectivity index (χ3n) is 2.99. The fourth-order valence-corrected chi connectivity index (χ4v) is 4.17. The molecule has 0 aliphatic heterocycles. The lowest BCUT2D eigenvalue weighted by Gasteiger charge is -2.20. The molecule has 0 radical (unpaired) electrons. The highest BCUT2D eigenvalue weighted by atomic mass is 32.2. The minimum absolute atomic E-state index is 0.484. The summed E-state index contributed by atoms with van der Waals surface area (Å²) in [6.07, 6.45) is -2.00. The van der Waals surface area contributed by atoms with E-state index in [0.717, 1.165) is 12.8 Å². The molecule has 0 spiro atoms. The summed E-state index contributed by atoms with van der Waals surface area (Å²) in [5, 5.41) is -0.594. The summed E-state index contributed by atoms with van der Waals surface area (Å²) < 4.78 is 60.6. The zero-order chi connectivity index (χ0) is 12.4. The normalized spacial score (nSPS) is 21.2. The molecule has 96 valence electrons. The largest absolute Gasteiger partial charge is 0.393 e. The van der Waals surface area contributed by atoms with E-state index in [1.807, 2.05) is 0 Å². The lowest BCUT2D eigenvalue weighted by atomic mass is 10.2. The monoisotopic (exact) mass is 259 g/mol. The van der Waals surface area contributed by atoms with Crippen LogP contribution in [0.2, 0.25) is 0 Å². The zero-order valence-electron chi connectivity index (χ0n) is 8.83. The van der Waals surface area contributed by atoms with Gasteiger partial charge in [0.15, 0.2) is 9.84 Å². The molecule has 1 aliphatic carbocycles. The number of hydrogen-bond acceptors (Lipinski definition) is 3. The Labute approximate surface area is 93.1 Å². The lowest BCUT2D eigenvalue weighted by Crippen LogP contribution is -2.38. The third-order valence-corrected chi connectivity index (χ3v) is 5.35. The van der Waals surface area contributed by atoms with E-state index in [-0.39, 0.29) is 0 Å². The van der Waals surface area contributed by atoms with Gasteiger partial charge in [0.05, 0.1) is 16.9 Å². The lowest BCUT2D eigenvalue weighted by molar-refractivity contribution is -0.165. The third kappa shape index (κ3) is 3.35. The van der Waals surface area contributed by atoms with Gasteiger partial charge in [0.2, 0.25) is 0 Å². The number of rotatable bonds is 4. The van der Waals surface area contributed by atoms with Crippen molar-refractivity contribution in [2.75, 3.05) is 12.3 Å². The molecule has 1 rings (SSSR count). The van der Waals surface area contributed by atoms with Gasteiger partial charge in [-0.2, -0.15) is 13.2 Å². The van der Waals surface area contributed by atoms with Gasteiger partial charge in [-0.1, -0.05) is 12.8 Å². The Morgan fingerprint density at radius 1 is 1.25 bits per heavy atom. The number of hydrogen-bond donors (Lipinski definition) is 1. The standard InChI is InChI=1S/C9H16F3NO2S/c10-9(11,12)7(5-13)6-16(14,15)8-3-1-2-4-8/h7-8H,1-6,13H2. The molecule has 1 aliphatic rings. The van der Waals surface area contributed by atoms with Gasteiger partial charge in [-0.05, 0) is 12.8 Å². The quantitative estimate of drug-likeness (QED) is 0.832. The minimum Gasteiger partial charge on any atom is -0.330 e. The molecule has 1 saturated carbocycles. The van der Waals surface area contributed by atoms with Crippen molar-refractivity contribution < 1.29 is 21.6 Å². The molecule has 0 amide bonds. The summed E-state index contributed by atoms with van der Waals surface area (Å²) in [6, 6.07) is 0. The van der Waals surface area contributed by atoms with Gasteiger partial charge in [-0.25, -0.2) is 8.42 Å². The summed E-state index contributed by atoms with van der Waals surface area (Å²) >= 11 is 0. The van der Waals surface area contributed by atoms with Crippen LogP contribution in [0, 0.1) is 5.92 Å². The fourth-order valence-electron chi connectivity index (χ4n) is 1.96. The summed E-state index contributed by atoms with van der Waals surface area (Å²) in [5.74, 6) is -2.80. The Morgan fingerprint density at radius 3 is 2.12 bits per heavy atom. The van der Waals surface area contributed by atoms with Crippen molar-refractivity contribution in [3.05, 3.63) is 0 Å². The maximum atomic E-state index is 12.4. The van der Waals surface area contributed by atoms with Crippen LogP contribution in [0.25, 0.3) is 0 Å². The van der Waals surface area contributed by atoms with Crippen molar-refractivity contribution in [3.8, 4) is 0 Å². The molecule has 0 heterocycles. The van der Waals surface area contributed by atoms with E-state index in [2.05, 4.69) is 0 Å². The topological polar surface area (TPSA) is 60.2 Å². The maximum absolute atomic E-state index is 12.4. The minimum atomic E-state index is -4.53. The number of sulfone groups is 1. The molecule has 0 saturated heterocycles. The average molecular weight is 259 g/mol. The zero-order valence-corrected chi connectivity index (χ0v) is 9.65. The molecule has 0 bridgehead atoms. The molecule has 3 nitrogen and oxygen atoms in total. The predicted molar refractivity (Wildman–Crippen MR) is 54.6 cm³/mol. The van der Waals surface area contributed by atoms with Crippen molar-refractivity contribution in [2.45, 2.75) is 37.1 Å². The first-order valence-corrected chi connectivity index (χ1v) is 6.97. The van der Waals surface area contributed by atoms with Gasteiger partial charge >= 0.3 is 6.18 Å². The van der Waals surface area contributed by atoms with Gasteiger partial charge < -0.3 is 5.73 Å². The number of halogens is 3. The predicted octanol–water partition coefficient (Wildman–Crippen LogP) is 1.48. The molecule has 1 unspecified atom stereocenters. The van der Waals surface area contributed by atoms with Crippen molar-refractivity contribution in [1.82, 2.24) is 0 Å². The molecule has 1 fully saturated rings. The summed E-state index contributed by atoms with van der Waals surface area (Å²) in [5.41, 5.74) is 4.98. The van der Waals surface area contributed by atoms with E-state index in [1.165, 1.54) is 0 Å². The highest BCUT2D eigenvalue weighted by Gasteiger charge is 2.43. The van der Waals surface area contributed by atoms with E-state index >= 15 is 0 Å². The first-order valence-electron chi connectivity index (χ1n) is 5.25. The second kappa shape index (κ2) is 4.91. The molecule has 1 atom stereocenters. The molecule has 2 N–H and O–H groups in total. The van der Waals surface area contributed by atoms with Crippen LogP contribution in [0.1, 0.15) is 25.7 Å². The maximum Gasteiger partial charge on any atom is 0.393 e. The van der Waals surface area contributed by atoms with Crippen LogP contribution < -0.4 is 5.73 Å². The number of alkyl halides is 3. The first-order chi connectivity index (χ1) is 7.27. The van der Waals surface area contributed by atoms with E-state index in [1.54, 1.807) is 0 Å². The van der Waals surface area contributed by atoms with Gasteiger partial charge in [0.1, 0.15) is 0 Å². The SMILES string of the molecule is NCC(CS(=O)(=O)C1CCCC1)C(F)(F)F.